The Bertz CT molecular complexity index is 531. The number of nitrogens with zero attached hydrogens (tertiary/aromatic N) is 2. The van der Waals surface area contributed by atoms with Crippen molar-refractivity contribution in [2.45, 2.75) is 44.9 Å². The molecule has 2 aliphatic heterocycles. The Hall–Kier alpha value is -1.84. The summed E-state index contributed by atoms with van der Waals surface area (Å²) in [6, 6.07) is 7.55. The second-order valence-electron chi connectivity index (χ2n) is 6.26. The quantitative estimate of drug-likeness (QED) is 0.841. The van der Waals surface area contributed by atoms with E-state index in [0.29, 0.717) is 6.42 Å². The van der Waals surface area contributed by atoms with Crippen LogP contribution in [0.3, 0.4) is 0 Å². The first-order chi connectivity index (χ1) is 10.8. The van der Waals surface area contributed by atoms with Gasteiger partial charge in [0.05, 0.1) is 0 Å². The molecule has 4 nitrogen and oxygen atoms in total. The Morgan fingerprint density at radius 3 is 2.09 bits per heavy atom. The van der Waals surface area contributed by atoms with Crippen LogP contribution in [-0.2, 0) is 4.79 Å². The summed E-state index contributed by atoms with van der Waals surface area (Å²) in [5.41, 5.74) is 1.65. The molecule has 3 rings (SSSR count). The van der Waals surface area contributed by atoms with Crippen molar-refractivity contribution in [3.05, 3.63) is 29.8 Å². The number of hydrogen-bond acceptors (Lipinski definition) is 2. The Kier molecular flexibility index (Phi) is 4.76. The number of benzene rings is 1. The van der Waals surface area contributed by atoms with Gasteiger partial charge in [-0.2, -0.15) is 0 Å². The number of anilines is 1. The van der Waals surface area contributed by atoms with Crippen molar-refractivity contribution in [2.24, 2.45) is 0 Å². The second kappa shape index (κ2) is 6.95. The van der Waals surface area contributed by atoms with Gasteiger partial charge >= 0.3 is 0 Å². The van der Waals surface area contributed by atoms with E-state index in [9.17, 15) is 9.59 Å². The summed E-state index contributed by atoms with van der Waals surface area (Å²) in [6.07, 6.45) is 7.33. The smallest absolute Gasteiger partial charge is 0.253 e. The predicted octanol–water partition coefficient (Wildman–Crippen LogP) is 3.22. The SMILES string of the molecule is O=C(c1ccc(N2CCCCC2=O)cc1)N1CCCCCC1. The van der Waals surface area contributed by atoms with E-state index in [0.717, 1.165) is 56.6 Å². The lowest BCUT2D eigenvalue weighted by atomic mass is 10.1. The summed E-state index contributed by atoms with van der Waals surface area (Å²) in [5.74, 6) is 0.316. The van der Waals surface area contributed by atoms with Gasteiger partial charge in [0.1, 0.15) is 0 Å². The molecule has 2 aliphatic rings. The van der Waals surface area contributed by atoms with Gasteiger partial charge in [-0.15, -0.1) is 0 Å². The summed E-state index contributed by atoms with van der Waals surface area (Å²) in [4.78, 5) is 28.3. The van der Waals surface area contributed by atoms with E-state index in [1.807, 2.05) is 34.1 Å². The Morgan fingerprint density at radius 1 is 0.818 bits per heavy atom. The topological polar surface area (TPSA) is 40.6 Å². The first-order valence-electron chi connectivity index (χ1n) is 8.45. The number of amides is 2. The van der Waals surface area contributed by atoms with Crippen LogP contribution in [0, 0.1) is 0 Å². The highest BCUT2D eigenvalue weighted by molar-refractivity contribution is 5.97. The minimum absolute atomic E-state index is 0.124. The van der Waals surface area contributed by atoms with E-state index in [2.05, 4.69) is 0 Å². The second-order valence-corrected chi connectivity index (χ2v) is 6.26. The summed E-state index contributed by atoms with van der Waals surface area (Å²) in [6.45, 7) is 2.52. The van der Waals surface area contributed by atoms with E-state index in [1.54, 1.807) is 0 Å². The molecule has 22 heavy (non-hydrogen) atoms. The number of likely N-dealkylation sites (tertiary alicyclic amines) is 1. The van der Waals surface area contributed by atoms with Crippen LogP contribution >= 0.6 is 0 Å². The average molecular weight is 300 g/mol. The molecule has 0 aromatic heterocycles. The molecule has 1 aromatic rings. The highest BCUT2D eigenvalue weighted by atomic mass is 16.2. The molecule has 0 aliphatic carbocycles. The third-order valence-electron chi connectivity index (χ3n) is 4.64. The summed E-state index contributed by atoms with van der Waals surface area (Å²) >= 11 is 0. The number of piperidine rings is 1. The molecule has 0 saturated carbocycles. The zero-order chi connectivity index (χ0) is 15.4. The molecule has 0 N–H and O–H groups in total. The van der Waals surface area contributed by atoms with Crippen LogP contribution in [0.4, 0.5) is 5.69 Å². The van der Waals surface area contributed by atoms with Gasteiger partial charge in [0.15, 0.2) is 0 Å². The zero-order valence-electron chi connectivity index (χ0n) is 13.1. The van der Waals surface area contributed by atoms with Gasteiger partial charge in [-0.1, -0.05) is 12.8 Å². The van der Waals surface area contributed by atoms with Crippen molar-refractivity contribution in [3.8, 4) is 0 Å². The molecular formula is C18H24N2O2. The summed E-state index contributed by atoms with van der Waals surface area (Å²) in [5, 5.41) is 0. The predicted molar refractivity (Wildman–Crippen MR) is 87.0 cm³/mol. The van der Waals surface area contributed by atoms with Crippen LogP contribution in [0.15, 0.2) is 24.3 Å². The molecule has 0 unspecified atom stereocenters. The Balaban J connectivity index is 1.70. The maximum absolute atomic E-state index is 12.5. The van der Waals surface area contributed by atoms with Crippen molar-refractivity contribution in [1.29, 1.82) is 0 Å². The van der Waals surface area contributed by atoms with Gasteiger partial charge in [-0.3, -0.25) is 9.59 Å². The Morgan fingerprint density at radius 2 is 1.45 bits per heavy atom. The van der Waals surface area contributed by atoms with E-state index in [1.165, 1.54) is 12.8 Å². The first-order valence-corrected chi connectivity index (χ1v) is 8.45. The first kappa shape index (κ1) is 15.1. The lowest BCUT2D eigenvalue weighted by Gasteiger charge is -2.27. The van der Waals surface area contributed by atoms with Gasteiger partial charge in [0, 0.05) is 37.3 Å². The van der Waals surface area contributed by atoms with Crippen LogP contribution in [-0.4, -0.2) is 36.3 Å². The van der Waals surface area contributed by atoms with Gasteiger partial charge in [0.2, 0.25) is 5.91 Å². The third kappa shape index (κ3) is 3.32. The fourth-order valence-electron chi connectivity index (χ4n) is 3.32. The maximum Gasteiger partial charge on any atom is 0.253 e. The molecule has 1 aromatic carbocycles. The third-order valence-corrected chi connectivity index (χ3v) is 4.64. The van der Waals surface area contributed by atoms with Gasteiger partial charge in [0.25, 0.3) is 5.91 Å². The average Bonchev–Trinajstić information content (AvgIpc) is 2.84. The molecular weight excluding hydrogens is 276 g/mol. The van der Waals surface area contributed by atoms with Crippen LogP contribution in [0.2, 0.25) is 0 Å². The molecule has 0 radical (unpaired) electrons. The van der Waals surface area contributed by atoms with Crippen LogP contribution in [0.5, 0.6) is 0 Å². The molecule has 4 heteroatoms. The zero-order valence-corrected chi connectivity index (χ0v) is 13.1. The van der Waals surface area contributed by atoms with Crippen molar-refractivity contribution in [3.63, 3.8) is 0 Å². The molecule has 0 spiro atoms. The standard InChI is InChI=1S/C18H24N2O2/c21-17-7-3-6-14-20(17)16-10-8-15(9-11-16)18(22)19-12-4-1-2-5-13-19/h8-11H,1-7,12-14H2. The molecule has 2 amide bonds. The maximum atomic E-state index is 12.5. The number of hydrogen-bond donors (Lipinski definition) is 0. The summed E-state index contributed by atoms with van der Waals surface area (Å²) in [7, 11) is 0. The fraction of sp³-hybridized carbons (Fsp3) is 0.556. The van der Waals surface area contributed by atoms with E-state index < -0.39 is 0 Å². The van der Waals surface area contributed by atoms with Crippen molar-refractivity contribution >= 4 is 17.5 Å². The lowest BCUT2D eigenvalue weighted by molar-refractivity contribution is -0.119. The minimum Gasteiger partial charge on any atom is -0.339 e. The normalized spacial score (nSPS) is 19.9. The van der Waals surface area contributed by atoms with Crippen molar-refractivity contribution in [1.82, 2.24) is 4.90 Å². The fourth-order valence-corrected chi connectivity index (χ4v) is 3.32. The monoisotopic (exact) mass is 300 g/mol. The largest absolute Gasteiger partial charge is 0.339 e. The molecule has 118 valence electrons. The highest BCUT2D eigenvalue weighted by Crippen LogP contribution is 2.22. The van der Waals surface area contributed by atoms with Crippen molar-refractivity contribution < 1.29 is 9.59 Å². The molecule has 0 atom stereocenters. The molecule has 2 saturated heterocycles. The van der Waals surface area contributed by atoms with Gasteiger partial charge < -0.3 is 9.80 Å². The van der Waals surface area contributed by atoms with Gasteiger partial charge in [-0.25, -0.2) is 0 Å². The summed E-state index contributed by atoms with van der Waals surface area (Å²) < 4.78 is 0. The van der Waals surface area contributed by atoms with E-state index in [4.69, 9.17) is 0 Å². The van der Waals surface area contributed by atoms with Gasteiger partial charge in [-0.05, 0) is 49.9 Å². The molecule has 0 bridgehead atoms. The lowest BCUT2D eigenvalue weighted by Crippen LogP contribution is -2.35. The van der Waals surface area contributed by atoms with E-state index >= 15 is 0 Å². The van der Waals surface area contributed by atoms with Crippen LogP contribution in [0.1, 0.15) is 55.3 Å². The Labute approximate surface area is 132 Å². The molecule has 2 heterocycles. The van der Waals surface area contributed by atoms with Crippen LogP contribution in [0.25, 0.3) is 0 Å². The number of rotatable bonds is 2. The minimum atomic E-state index is 0.124. The van der Waals surface area contributed by atoms with Crippen molar-refractivity contribution in [2.75, 3.05) is 24.5 Å². The molecule has 2 fully saturated rings. The van der Waals surface area contributed by atoms with Crippen LogP contribution < -0.4 is 4.90 Å². The highest BCUT2D eigenvalue weighted by Gasteiger charge is 2.21. The van der Waals surface area contributed by atoms with E-state index in [-0.39, 0.29) is 11.8 Å². The number of carbonyl (C=O) groups is 2. The number of carbonyl (C=O) groups excluding carboxylic acids is 2.